The molecule has 1 aliphatic rings. The van der Waals surface area contributed by atoms with E-state index >= 15 is 0 Å². The summed E-state index contributed by atoms with van der Waals surface area (Å²) in [5, 5.41) is 0.760. The van der Waals surface area contributed by atoms with Crippen LogP contribution in [-0.2, 0) is 14.8 Å². The first-order valence-corrected chi connectivity index (χ1v) is 9.69. The van der Waals surface area contributed by atoms with Gasteiger partial charge in [-0.05, 0) is 29.8 Å². The fourth-order valence-electron chi connectivity index (χ4n) is 2.32. The van der Waals surface area contributed by atoms with Gasteiger partial charge in [-0.25, -0.2) is 13.4 Å². The lowest BCUT2D eigenvalue weighted by Gasteiger charge is -2.24. The second-order valence-corrected chi connectivity index (χ2v) is 7.84. The number of hydrogen-bond donors (Lipinski definition) is 1. The van der Waals surface area contributed by atoms with Gasteiger partial charge < -0.3 is 4.74 Å². The van der Waals surface area contributed by atoms with Crippen molar-refractivity contribution in [3.05, 3.63) is 60.2 Å². The minimum absolute atomic E-state index is 0.114. The minimum Gasteiger partial charge on any atom is -0.497 e. The predicted molar refractivity (Wildman–Crippen MR) is 91.8 cm³/mol. The SMILES string of the molecule is COc1ccc(C2SCC(=O)N2NS(=O)(=O)c2ccccc2)cc1. The molecule has 0 bridgehead atoms. The van der Waals surface area contributed by atoms with Crippen LogP contribution in [0, 0.1) is 0 Å². The molecule has 0 spiro atoms. The number of amides is 1. The Balaban J connectivity index is 1.85. The number of rotatable bonds is 5. The molecule has 2 aromatic rings. The lowest BCUT2D eigenvalue weighted by molar-refractivity contribution is -0.129. The monoisotopic (exact) mass is 364 g/mol. The van der Waals surface area contributed by atoms with E-state index in [4.69, 9.17) is 4.74 Å². The normalized spacial score (nSPS) is 18.0. The van der Waals surface area contributed by atoms with E-state index in [0.717, 1.165) is 5.56 Å². The second-order valence-electron chi connectivity index (χ2n) is 5.11. The molecule has 1 atom stereocenters. The number of nitrogens with zero attached hydrogens (tertiary/aromatic N) is 1. The number of methoxy groups -OCH3 is 1. The number of nitrogens with one attached hydrogen (secondary N) is 1. The Morgan fingerprint density at radius 1 is 1.12 bits per heavy atom. The Bertz CT molecular complexity index is 823. The molecular formula is C16H16N2O4S2. The van der Waals surface area contributed by atoms with Crippen LogP contribution >= 0.6 is 11.8 Å². The van der Waals surface area contributed by atoms with Crippen LogP contribution in [0.5, 0.6) is 5.75 Å². The van der Waals surface area contributed by atoms with Crippen LogP contribution in [0.1, 0.15) is 10.9 Å². The lowest BCUT2D eigenvalue weighted by Crippen LogP contribution is -2.44. The summed E-state index contributed by atoms with van der Waals surface area (Å²) in [6.07, 6.45) is 0. The third kappa shape index (κ3) is 3.40. The predicted octanol–water partition coefficient (Wildman–Crippen LogP) is 2.16. The summed E-state index contributed by atoms with van der Waals surface area (Å²) >= 11 is 1.37. The smallest absolute Gasteiger partial charge is 0.257 e. The molecule has 1 fully saturated rings. The van der Waals surface area contributed by atoms with Gasteiger partial charge in [0.1, 0.15) is 11.1 Å². The van der Waals surface area contributed by atoms with Gasteiger partial charge in [-0.2, -0.15) is 0 Å². The summed E-state index contributed by atoms with van der Waals surface area (Å²) < 4.78 is 30.1. The van der Waals surface area contributed by atoms with Gasteiger partial charge in [-0.3, -0.25) is 4.79 Å². The van der Waals surface area contributed by atoms with Crippen LogP contribution in [-0.4, -0.2) is 32.2 Å². The van der Waals surface area contributed by atoms with Crippen molar-refractivity contribution in [2.24, 2.45) is 0 Å². The van der Waals surface area contributed by atoms with E-state index in [1.165, 1.54) is 28.9 Å². The van der Waals surface area contributed by atoms with Crippen molar-refractivity contribution in [3.8, 4) is 5.75 Å². The molecule has 24 heavy (non-hydrogen) atoms. The molecule has 0 radical (unpaired) electrons. The number of sulfonamides is 1. The first kappa shape index (κ1) is 16.8. The van der Waals surface area contributed by atoms with E-state index in [1.807, 2.05) is 12.1 Å². The Labute approximate surface area is 144 Å². The van der Waals surface area contributed by atoms with Crippen LogP contribution in [0.2, 0.25) is 0 Å². The molecule has 0 saturated carbocycles. The van der Waals surface area contributed by atoms with E-state index in [2.05, 4.69) is 4.83 Å². The Hall–Kier alpha value is -2.03. The van der Waals surface area contributed by atoms with Crippen molar-refractivity contribution in [3.63, 3.8) is 0 Å². The second kappa shape index (κ2) is 6.84. The summed E-state index contributed by atoms with van der Waals surface area (Å²) in [6, 6.07) is 15.2. The molecule has 8 heteroatoms. The molecule has 1 aliphatic heterocycles. The number of carbonyl (C=O) groups is 1. The van der Waals surface area contributed by atoms with Gasteiger partial charge in [0, 0.05) is 0 Å². The molecule has 0 aromatic heterocycles. The quantitative estimate of drug-likeness (QED) is 0.880. The zero-order valence-electron chi connectivity index (χ0n) is 12.9. The molecule has 6 nitrogen and oxygen atoms in total. The molecule has 1 unspecified atom stereocenters. The summed E-state index contributed by atoms with van der Waals surface area (Å²) in [4.78, 5) is 14.7. The number of carbonyl (C=O) groups excluding carboxylic acids is 1. The number of hydrazine groups is 1. The van der Waals surface area contributed by atoms with Gasteiger partial charge in [-0.1, -0.05) is 30.3 Å². The standard InChI is InChI=1S/C16H16N2O4S2/c1-22-13-9-7-12(8-10-13)16-18(15(19)11-23-16)17-24(20,21)14-5-3-2-4-6-14/h2-10,16-17H,11H2,1H3. The highest BCUT2D eigenvalue weighted by Gasteiger charge is 2.36. The average molecular weight is 364 g/mol. The fourth-order valence-corrected chi connectivity index (χ4v) is 4.58. The molecule has 126 valence electrons. The Kier molecular flexibility index (Phi) is 4.79. The average Bonchev–Trinajstić information content (AvgIpc) is 2.96. The van der Waals surface area contributed by atoms with Crippen molar-refractivity contribution < 1.29 is 17.9 Å². The van der Waals surface area contributed by atoms with Crippen LogP contribution in [0.25, 0.3) is 0 Å². The van der Waals surface area contributed by atoms with Gasteiger partial charge in [0.2, 0.25) is 5.91 Å². The largest absolute Gasteiger partial charge is 0.497 e. The van der Waals surface area contributed by atoms with Gasteiger partial charge in [0.05, 0.1) is 17.8 Å². The minimum atomic E-state index is -3.81. The van der Waals surface area contributed by atoms with Crippen LogP contribution in [0.4, 0.5) is 0 Å². The van der Waals surface area contributed by atoms with Crippen LogP contribution in [0.15, 0.2) is 59.5 Å². The lowest BCUT2D eigenvalue weighted by atomic mass is 10.2. The van der Waals surface area contributed by atoms with Crippen LogP contribution in [0.3, 0.4) is 0 Å². The maximum atomic E-state index is 12.5. The number of benzene rings is 2. The molecule has 1 amide bonds. The van der Waals surface area contributed by atoms with E-state index in [1.54, 1.807) is 37.4 Å². The third-order valence-electron chi connectivity index (χ3n) is 3.54. The van der Waals surface area contributed by atoms with Crippen molar-refractivity contribution in [1.29, 1.82) is 0 Å². The maximum absolute atomic E-state index is 12.5. The van der Waals surface area contributed by atoms with E-state index in [-0.39, 0.29) is 16.6 Å². The highest BCUT2D eigenvalue weighted by atomic mass is 32.2. The van der Waals surface area contributed by atoms with Gasteiger partial charge in [0.15, 0.2) is 0 Å². The Morgan fingerprint density at radius 2 is 1.79 bits per heavy atom. The number of hydrogen-bond acceptors (Lipinski definition) is 5. The van der Waals surface area contributed by atoms with E-state index < -0.39 is 15.4 Å². The zero-order valence-corrected chi connectivity index (χ0v) is 14.5. The van der Waals surface area contributed by atoms with Crippen molar-refractivity contribution in [2.45, 2.75) is 10.3 Å². The topological polar surface area (TPSA) is 75.7 Å². The van der Waals surface area contributed by atoms with Crippen molar-refractivity contribution in [1.82, 2.24) is 9.84 Å². The first-order valence-electron chi connectivity index (χ1n) is 7.16. The highest BCUT2D eigenvalue weighted by Crippen LogP contribution is 2.38. The Morgan fingerprint density at radius 3 is 2.42 bits per heavy atom. The number of thioether (sulfide) groups is 1. The maximum Gasteiger partial charge on any atom is 0.257 e. The summed E-state index contributed by atoms with van der Waals surface area (Å²) in [7, 11) is -2.24. The molecule has 2 aromatic carbocycles. The summed E-state index contributed by atoms with van der Waals surface area (Å²) in [5.74, 6) is 0.637. The van der Waals surface area contributed by atoms with Crippen molar-refractivity contribution in [2.75, 3.05) is 12.9 Å². The molecule has 1 heterocycles. The zero-order chi connectivity index (χ0) is 17.2. The molecule has 0 aliphatic carbocycles. The molecule has 1 N–H and O–H groups in total. The molecule has 3 rings (SSSR count). The number of ether oxygens (including phenoxy) is 1. The van der Waals surface area contributed by atoms with Gasteiger partial charge in [-0.15, -0.1) is 16.6 Å². The van der Waals surface area contributed by atoms with Gasteiger partial charge in [0.25, 0.3) is 10.0 Å². The first-order chi connectivity index (χ1) is 11.5. The summed E-state index contributed by atoms with van der Waals surface area (Å²) in [6.45, 7) is 0. The summed E-state index contributed by atoms with van der Waals surface area (Å²) in [5.41, 5.74) is 0.822. The third-order valence-corrected chi connectivity index (χ3v) is 6.08. The molecular weight excluding hydrogens is 348 g/mol. The van der Waals surface area contributed by atoms with Gasteiger partial charge >= 0.3 is 0 Å². The highest BCUT2D eigenvalue weighted by molar-refractivity contribution is 8.00. The van der Waals surface area contributed by atoms with E-state index in [0.29, 0.717) is 5.75 Å². The molecule has 1 saturated heterocycles. The van der Waals surface area contributed by atoms with E-state index in [9.17, 15) is 13.2 Å². The van der Waals surface area contributed by atoms with Crippen LogP contribution < -0.4 is 9.57 Å². The fraction of sp³-hybridized carbons (Fsp3) is 0.188. The van der Waals surface area contributed by atoms with Crippen molar-refractivity contribution >= 4 is 27.7 Å².